The number of para-hydroxylation sites is 1. The van der Waals surface area contributed by atoms with Crippen LogP contribution in [0, 0.1) is 12.7 Å². The normalized spacial score (nSPS) is 10.2. The third kappa shape index (κ3) is 3.10. The molecular weight excluding hydrogens is 243 g/mol. The Balaban J connectivity index is 2.08. The van der Waals surface area contributed by atoms with E-state index in [-0.39, 0.29) is 11.7 Å². The Kier molecular flexibility index (Phi) is 3.80. The van der Waals surface area contributed by atoms with E-state index in [2.05, 4.69) is 5.32 Å². The SMILES string of the molecule is Cc1cc(F)ccc1C(=O)NCc1ccccc1N. The first-order valence-electron chi connectivity index (χ1n) is 5.95. The van der Waals surface area contributed by atoms with Crippen LogP contribution < -0.4 is 11.1 Å². The topological polar surface area (TPSA) is 55.1 Å². The minimum absolute atomic E-state index is 0.235. The zero-order valence-corrected chi connectivity index (χ0v) is 10.6. The van der Waals surface area contributed by atoms with Crippen LogP contribution >= 0.6 is 0 Å². The number of nitrogens with two attached hydrogens (primary N) is 1. The average Bonchev–Trinajstić information content (AvgIpc) is 2.37. The van der Waals surface area contributed by atoms with E-state index >= 15 is 0 Å². The summed E-state index contributed by atoms with van der Waals surface area (Å²) < 4.78 is 13.0. The molecule has 98 valence electrons. The van der Waals surface area contributed by atoms with E-state index < -0.39 is 0 Å². The van der Waals surface area contributed by atoms with Crippen LogP contribution in [0.15, 0.2) is 42.5 Å². The standard InChI is InChI=1S/C15H15FN2O/c1-10-8-12(16)6-7-13(10)15(19)18-9-11-4-2-3-5-14(11)17/h2-8H,9,17H2,1H3,(H,18,19). The second kappa shape index (κ2) is 5.52. The van der Waals surface area contributed by atoms with Crippen molar-refractivity contribution in [1.82, 2.24) is 5.32 Å². The Labute approximate surface area is 111 Å². The van der Waals surface area contributed by atoms with Gasteiger partial charge in [-0.2, -0.15) is 0 Å². The van der Waals surface area contributed by atoms with Crippen molar-refractivity contribution < 1.29 is 9.18 Å². The second-order valence-electron chi connectivity index (χ2n) is 4.34. The van der Waals surface area contributed by atoms with E-state index in [0.29, 0.717) is 23.4 Å². The maximum Gasteiger partial charge on any atom is 0.251 e. The smallest absolute Gasteiger partial charge is 0.251 e. The molecule has 0 aliphatic rings. The van der Waals surface area contributed by atoms with Gasteiger partial charge in [-0.25, -0.2) is 4.39 Å². The lowest BCUT2D eigenvalue weighted by Gasteiger charge is -2.09. The summed E-state index contributed by atoms with van der Waals surface area (Å²) in [7, 11) is 0. The lowest BCUT2D eigenvalue weighted by atomic mass is 10.1. The molecule has 0 aromatic heterocycles. The van der Waals surface area contributed by atoms with Crippen molar-refractivity contribution in [2.75, 3.05) is 5.73 Å². The number of anilines is 1. The Morgan fingerprint density at radius 3 is 2.68 bits per heavy atom. The lowest BCUT2D eigenvalue weighted by molar-refractivity contribution is 0.0950. The summed E-state index contributed by atoms with van der Waals surface area (Å²) in [6.07, 6.45) is 0. The quantitative estimate of drug-likeness (QED) is 0.831. The first-order chi connectivity index (χ1) is 9.08. The molecule has 3 N–H and O–H groups in total. The van der Waals surface area contributed by atoms with Crippen molar-refractivity contribution >= 4 is 11.6 Å². The van der Waals surface area contributed by atoms with Gasteiger partial charge in [0.25, 0.3) is 5.91 Å². The van der Waals surface area contributed by atoms with Crippen LogP contribution in [0.5, 0.6) is 0 Å². The Morgan fingerprint density at radius 1 is 1.26 bits per heavy atom. The molecule has 0 saturated carbocycles. The van der Waals surface area contributed by atoms with Crippen LogP contribution in [0.25, 0.3) is 0 Å². The van der Waals surface area contributed by atoms with Crippen LogP contribution in [-0.4, -0.2) is 5.91 Å². The second-order valence-corrected chi connectivity index (χ2v) is 4.34. The maximum atomic E-state index is 13.0. The molecule has 2 aromatic rings. The fraction of sp³-hybridized carbons (Fsp3) is 0.133. The van der Waals surface area contributed by atoms with Gasteiger partial charge in [-0.05, 0) is 42.3 Å². The van der Waals surface area contributed by atoms with Gasteiger partial charge in [-0.15, -0.1) is 0 Å². The van der Waals surface area contributed by atoms with Gasteiger partial charge in [0.2, 0.25) is 0 Å². The average molecular weight is 258 g/mol. The largest absolute Gasteiger partial charge is 0.398 e. The van der Waals surface area contributed by atoms with E-state index in [1.807, 2.05) is 18.2 Å². The number of nitrogen functional groups attached to an aromatic ring is 1. The summed E-state index contributed by atoms with van der Waals surface area (Å²) in [5, 5.41) is 2.77. The number of rotatable bonds is 3. The van der Waals surface area contributed by atoms with Gasteiger partial charge >= 0.3 is 0 Å². The zero-order chi connectivity index (χ0) is 13.8. The van der Waals surface area contributed by atoms with Crippen LogP contribution in [0.2, 0.25) is 0 Å². The molecule has 2 aromatic carbocycles. The summed E-state index contributed by atoms with van der Waals surface area (Å²) in [4.78, 5) is 12.0. The molecule has 0 unspecified atom stereocenters. The van der Waals surface area contributed by atoms with Gasteiger partial charge < -0.3 is 11.1 Å². The number of hydrogen-bond acceptors (Lipinski definition) is 2. The molecular formula is C15H15FN2O. The van der Waals surface area contributed by atoms with E-state index in [9.17, 15) is 9.18 Å². The van der Waals surface area contributed by atoms with E-state index in [1.165, 1.54) is 18.2 Å². The first kappa shape index (κ1) is 13.1. The molecule has 0 aliphatic heterocycles. The van der Waals surface area contributed by atoms with Gasteiger partial charge in [-0.3, -0.25) is 4.79 Å². The van der Waals surface area contributed by atoms with Gasteiger partial charge in [0.1, 0.15) is 5.82 Å². The highest BCUT2D eigenvalue weighted by Gasteiger charge is 2.09. The van der Waals surface area contributed by atoms with Crippen molar-refractivity contribution in [2.24, 2.45) is 0 Å². The van der Waals surface area contributed by atoms with Crippen molar-refractivity contribution in [3.63, 3.8) is 0 Å². The molecule has 3 nitrogen and oxygen atoms in total. The van der Waals surface area contributed by atoms with Crippen molar-refractivity contribution in [1.29, 1.82) is 0 Å². The van der Waals surface area contributed by atoms with E-state index in [4.69, 9.17) is 5.73 Å². The predicted octanol–water partition coefficient (Wildman–Crippen LogP) is 2.65. The first-order valence-corrected chi connectivity index (χ1v) is 5.95. The molecule has 0 heterocycles. The highest BCUT2D eigenvalue weighted by Crippen LogP contribution is 2.12. The minimum Gasteiger partial charge on any atom is -0.398 e. The lowest BCUT2D eigenvalue weighted by Crippen LogP contribution is -2.24. The van der Waals surface area contributed by atoms with Crippen molar-refractivity contribution in [2.45, 2.75) is 13.5 Å². The highest BCUT2D eigenvalue weighted by molar-refractivity contribution is 5.95. The minimum atomic E-state index is -0.346. The summed E-state index contributed by atoms with van der Waals surface area (Å²) >= 11 is 0. The van der Waals surface area contributed by atoms with Crippen molar-refractivity contribution in [3.05, 3.63) is 65.0 Å². The molecule has 2 rings (SSSR count). The number of aryl methyl sites for hydroxylation is 1. The molecule has 0 fully saturated rings. The van der Waals surface area contributed by atoms with Crippen LogP contribution in [0.1, 0.15) is 21.5 Å². The zero-order valence-electron chi connectivity index (χ0n) is 10.6. The molecule has 1 amide bonds. The monoisotopic (exact) mass is 258 g/mol. The predicted molar refractivity (Wildman–Crippen MR) is 73.2 cm³/mol. The number of benzene rings is 2. The fourth-order valence-electron chi connectivity index (χ4n) is 1.85. The Hall–Kier alpha value is -2.36. The Morgan fingerprint density at radius 2 is 2.00 bits per heavy atom. The summed E-state index contributed by atoms with van der Waals surface area (Å²) in [6, 6.07) is 11.4. The number of hydrogen-bond donors (Lipinski definition) is 2. The number of carbonyl (C=O) groups is 1. The molecule has 0 spiro atoms. The van der Waals surface area contributed by atoms with Crippen LogP contribution in [-0.2, 0) is 6.54 Å². The highest BCUT2D eigenvalue weighted by atomic mass is 19.1. The summed E-state index contributed by atoms with van der Waals surface area (Å²) in [5.41, 5.74) is 8.37. The van der Waals surface area contributed by atoms with E-state index in [1.54, 1.807) is 13.0 Å². The summed E-state index contributed by atoms with van der Waals surface area (Å²) in [5.74, 6) is -0.581. The number of halogens is 1. The molecule has 0 atom stereocenters. The van der Waals surface area contributed by atoms with Gasteiger partial charge in [0.15, 0.2) is 0 Å². The molecule has 0 radical (unpaired) electrons. The van der Waals surface area contributed by atoms with Crippen LogP contribution in [0.3, 0.4) is 0 Å². The van der Waals surface area contributed by atoms with E-state index in [0.717, 1.165) is 5.56 Å². The van der Waals surface area contributed by atoms with Gasteiger partial charge in [0, 0.05) is 17.8 Å². The third-order valence-corrected chi connectivity index (χ3v) is 2.93. The molecule has 0 aliphatic carbocycles. The van der Waals surface area contributed by atoms with Crippen molar-refractivity contribution in [3.8, 4) is 0 Å². The number of amides is 1. The fourth-order valence-corrected chi connectivity index (χ4v) is 1.85. The molecule has 4 heteroatoms. The van der Waals surface area contributed by atoms with Crippen LogP contribution in [0.4, 0.5) is 10.1 Å². The Bertz CT molecular complexity index is 611. The molecule has 0 bridgehead atoms. The molecule has 0 saturated heterocycles. The maximum absolute atomic E-state index is 13.0. The third-order valence-electron chi connectivity index (χ3n) is 2.93. The number of nitrogens with one attached hydrogen (secondary N) is 1. The van der Waals surface area contributed by atoms with Gasteiger partial charge in [0.05, 0.1) is 0 Å². The summed E-state index contributed by atoms with van der Waals surface area (Å²) in [6.45, 7) is 2.05. The molecule has 19 heavy (non-hydrogen) atoms. The number of carbonyl (C=O) groups excluding carboxylic acids is 1. The van der Waals surface area contributed by atoms with Gasteiger partial charge in [-0.1, -0.05) is 18.2 Å².